The number of carbonyl (C=O) groups is 1. The Morgan fingerprint density at radius 3 is 2.50 bits per heavy atom. The van der Waals surface area contributed by atoms with Crippen LogP contribution in [0.1, 0.15) is 16.1 Å². The van der Waals surface area contributed by atoms with Crippen molar-refractivity contribution in [3.63, 3.8) is 0 Å². The zero-order chi connectivity index (χ0) is 13.1. The van der Waals surface area contributed by atoms with Crippen molar-refractivity contribution in [2.24, 2.45) is 0 Å². The van der Waals surface area contributed by atoms with Crippen LogP contribution in [0, 0.1) is 0 Å². The zero-order valence-electron chi connectivity index (χ0n) is 10.2. The maximum absolute atomic E-state index is 10.7. The Hall–Kier alpha value is -2.37. The summed E-state index contributed by atoms with van der Waals surface area (Å²) < 4.78 is 0. The lowest BCUT2D eigenvalue weighted by molar-refractivity contribution is 0.0689. The van der Waals surface area contributed by atoms with Gasteiger partial charge in [-0.1, -0.05) is 12.1 Å². The zero-order valence-corrected chi connectivity index (χ0v) is 10.2. The van der Waals surface area contributed by atoms with E-state index in [1.165, 1.54) is 11.0 Å². The van der Waals surface area contributed by atoms with Gasteiger partial charge in [-0.15, -0.1) is 5.10 Å². The van der Waals surface area contributed by atoms with Crippen LogP contribution in [0.4, 0.5) is 5.69 Å². The normalized spacial score (nSPS) is 10.3. The molecular formula is C12H14N4O2. The van der Waals surface area contributed by atoms with E-state index in [-0.39, 0.29) is 5.69 Å². The van der Waals surface area contributed by atoms with E-state index < -0.39 is 5.97 Å². The van der Waals surface area contributed by atoms with E-state index in [9.17, 15) is 4.79 Å². The summed E-state index contributed by atoms with van der Waals surface area (Å²) in [5, 5.41) is 16.5. The summed E-state index contributed by atoms with van der Waals surface area (Å²) in [6, 6.07) is 7.94. The van der Waals surface area contributed by atoms with Gasteiger partial charge in [-0.3, -0.25) is 0 Å². The van der Waals surface area contributed by atoms with Crippen molar-refractivity contribution in [2.45, 2.75) is 6.54 Å². The Morgan fingerprint density at radius 2 is 2.00 bits per heavy atom. The number of nitrogens with zero attached hydrogens (tertiary/aromatic N) is 4. The van der Waals surface area contributed by atoms with Gasteiger partial charge < -0.3 is 10.0 Å². The van der Waals surface area contributed by atoms with Crippen LogP contribution in [0.3, 0.4) is 0 Å². The average Bonchev–Trinajstić information content (AvgIpc) is 2.78. The fourth-order valence-electron chi connectivity index (χ4n) is 1.53. The van der Waals surface area contributed by atoms with Crippen molar-refractivity contribution < 1.29 is 9.90 Å². The maximum atomic E-state index is 10.7. The molecule has 6 nitrogen and oxygen atoms in total. The Labute approximate surface area is 104 Å². The minimum Gasteiger partial charge on any atom is -0.476 e. The minimum absolute atomic E-state index is 0.0417. The lowest BCUT2D eigenvalue weighted by Gasteiger charge is -2.12. The second-order valence-electron chi connectivity index (χ2n) is 4.13. The number of carboxylic acid groups (broad SMARTS) is 1. The molecule has 0 aliphatic rings. The summed E-state index contributed by atoms with van der Waals surface area (Å²) in [6.07, 6.45) is 1.25. The maximum Gasteiger partial charge on any atom is 0.358 e. The van der Waals surface area contributed by atoms with Crippen molar-refractivity contribution >= 4 is 11.7 Å². The van der Waals surface area contributed by atoms with Crippen molar-refractivity contribution in [1.82, 2.24) is 15.0 Å². The molecule has 1 N–H and O–H groups in total. The molecule has 0 fully saturated rings. The minimum atomic E-state index is -1.07. The van der Waals surface area contributed by atoms with Gasteiger partial charge in [0.15, 0.2) is 5.69 Å². The van der Waals surface area contributed by atoms with E-state index in [0.29, 0.717) is 6.54 Å². The predicted octanol–water partition coefficient (Wildman–Crippen LogP) is 1.09. The quantitative estimate of drug-likeness (QED) is 0.874. The smallest absolute Gasteiger partial charge is 0.358 e. The Morgan fingerprint density at radius 1 is 1.33 bits per heavy atom. The summed E-state index contributed by atoms with van der Waals surface area (Å²) in [5.74, 6) is -1.07. The van der Waals surface area contributed by atoms with Gasteiger partial charge in [-0.05, 0) is 17.7 Å². The number of benzene rings is 1. The molecule has 18 heavy (non-hydrogen) atoms. The van der Waals surface area contributed by atoms with Gasteiger partial charge in [0.1, 0.15) is 0 Å². The summed E-state index contributed by atoms with van der Waals surface area (Å²) >= 11 is 0. The van der Waals surface area contributed by atoms with Crippen LogP contribution < -0.4 is 4.90 Å². The molecule has 0 bridgehead atoms. The largest absolute Gasteiger partial charge is 0.476 e. The molecule has 1 aromatic heterocycles. The van der Waals surface area contributed by atoms with Crippen LogP contribution in [-0.4, -0.2) is 40.2 Å². The number of hydrogen-bond donors (Lipinski definition) is 1. The highest BCUT2D eigenvalue weighted by Gasteiger charge is 2.08. The van der Waals surface area contributed by atoms with Crippen LogP contribution in [-0.2, 0) is 6.54 Å². The molecule has 0 saturated heterocycles. The Bertz CT molecular complexity index is 545. The average molecular weight is 246 g/mol. The number of aromatic carboxylic acids is 1. The molecule has 0 atom stereocenters. The fourth-order valence-corrected chi connectivity index (χ4v) is 1.53. The highest BCUT2D eigenvalue weighted by Crippen LogP contribution is 2.12. The second-order valence-corrected chi connectivity index (χ2v) is 4.13. The third-order valence-electron chi connectivity index (χ3n) is 2.53. The second kappa shape index (κ2) is 4.87. The van der Waals surface area contributed by atoms with E-state index in [4.69, 9.17) is 5.11 Å². The highest BCUT2D eigenvalue weighted by atomic mass is 16.4. The molecule has 6 heteroatoms. The number of aromatic nitrogens is 3. The first-order chi connectivity index (χ1) is 8.56. The summed E-state index contributed by atoms with van der Waals surface area (Å²) in [7, 11) is 3.95. The van der Waals surface area contributed by atoms with Gasteiger partial charge in [-0.2, -0.15) is 9.90 Å². The third-order valence-corrected chi connectivity index (χ3v) is 2.53. The SMILES string of the molecule is CN(C)c1ccc(Cn2ncc(C(=O)O)n2)cc1. The molecular weight excluding hydrogens is 232 g/mol. The van der Waals surface area contributed by atoms with Crippen LogP contribution in [0.25, 0.3) is 0 Å². The van der Waals surface area contributed by atoms with Crippen molar-refractivity contribution in [3.05, 3.63) is 41.7 Å². The summed E-state index contributed by atoms with van der Waals surface area (Å²) in [5.41, 5.74) is 2.09. The molecule has 2 rings (SSSR count). The van der Waals surface area contributed by atoms with E-state index in [2.05, 4.69) is 10.2 Å². The molecule has 0 saturated carbocycles. The van der Waals surface area contributed by atoms with Gasteiger partial charge >= 0.3 is 5.97 Å². The van der Waals surface area contributed by atoms with Crippen molar-refractivity contribution in [1.29, 1.82) is 0 Å². The molecule has 0 amide bonds. The standard InChI is InChI=1S/C12H14N4O2/c1-15(2)10-5-3-9(4-6-10)8-16-13-7-11(14-16)12(17)18/h3-7H,8H2,1-2H3,(H,17,18). The predicted molar refractivity (Wildman–Crippen MR) is 66.9 cm³/mol. The topological polar surface area (TPSA) is 71.2 Å². The summed E-state index contributed by atoms with van der Waals surface area (Å²) in [4.78, 5) is 14.0. The summed E-state index contributed by atoms with van der Waals surface area (Å²) in [6.45, 7) is 0.459. The third kappa shape index (κ3) is 2.65. The fraction of sp³-hybridized carbons (Fsp3) is 0.250. The lowest BCUT2D eigenvalue weighted by Crippen LogP contribution is -2.09. The lowest BCUT2D eigenvalue weighted by atomic mass is 10.2. The molecule has 0 aliphatic carbocycles. The monoisotopic (exact) mass is 246 g/mol. The van der Waals surface area contributed by atoms with Crippen LogP contribution in [0.2, 0.25) is 0 Å². The van der Waals surface area contributed by atoms with Gasteiger partial charge in [0, 0.05) is 19.8 Å². The molecule has 94 valence electrons. The first-order valence-electron chi connectivity index (χ1n) is 5.46. The Kier molecular flexibility index (Phi) is 3.27. The molecule has 0 spiro atoms. The van der Waals surface area contributed by atoms with E-state index in [1.807, 2.05) is 43.3 Å². The first-order valence-corrected chi connectivity index (χ1v) is 5.46. The van der Waals surface area contributed by atoms with E-state index in [0.717, 1.165) is 11.3 Å². The molecule has 1 heterocycles. The Balaban J connectivity index is 2.10. The van der Waals surface area contributed by atoms with Crippen molar-refractivity contribution in [3.8, 4) is 0 Å². The van der Waals surface area contributed by atoms with Gasteiger partial charge in [-0.25, -0.2) is 4.79 Å². The molecule has 0 aliphatic heterocycles. The van der Waals surface area contributed by atoms with E-state index in [1.54, 1.807) is 0 Å². The first kappa shape index (κ1) is 12.1. The van der Waals surface area contributed by atoms with Crippen molar-refractivity contribution in [2.75, 3.05) is 19.0 Å². The highest BCUT2D eigenvalue weighted by molar-refractivity contribution is 5.84. The number of rotatable bonds is 4. The van der Waals surface area contributed by atoms with Gasteiger partial charge in [0.2, 0.25) is 0 Å². The van der Waals surface area contributed by atoms with Crippen LogP contribution in [0.5, 0.6) is 0 Å². The molecule has 2 aromatic rings. The van der Waals surface area contributed by atoms with Gasteiger partial charge in [0.05, 0.1) is 12.7 Å². The molecule has 0 radical (unpaired) electrons. The van der Waals surface area contributed by atoms with E-state index >= 15 is 0 Å². The number of anilines is 1. The van der Waals surface area contributed by atoms with Crippen LogP contribution >= 0.6 is 0 Å². The number of carboxylic acids is 1. The van der Waals surface area contributed by atoms with Crippen LogP contribution in [0.15, 0.2) is 30.5 Å². The molecule has 1 aromatic carbocycles. The van der Waals surface area contributed by atoms with Gasteiger partial charge in [0.25, 0.3) is 0 Å². The number of hydrogen-bond acceptors (Lipinski definition) is 4. The molecule has 0 unspecified atom stereocenters.